The van der Waals surface area contributed by atoms with Crippen LogP contribution < -0.4 is 0 Å². The van der Waals surface area contributed by atoms with Crippen LogP contribution in [-0.4, -0.2) is 23.4 Å². The van der Waals surface area contributed by atoms with Crippen molar-refractivity contribution in [2.75, 3.05) is 0 Å². The maximum Gasteiger partial charge on any atom is 0.207 e. The number of aromatic nitrogens is 3. The summed E-state index contributed by atoms with van der Waals surface area (Å²) >= 11 is 0. The molecule has 0 bridgehead atoms. The van der Waals surface area contributed by atoms with Gasteiger partial charge in [-0.15, -0.1) is 0 Å². The predicted octanol–water partition coefficient (Wildman–Crippen LogP) is 9.25. The van der Waals surface area contributed by atoms with Crippen LogP contribution in [0.15, 0.2) is 154 Å². The van der Waals surface area contributed by atoms with Gasteiger partial charge in [-0.1, -0.05) is 97.1 Å². The van der Waals surface area contributed by atoms with Gasteiger partial charge >= 0.3 is 0 Å². The average Bonchev–Trinajstić information content (AvgIpc) is 3.60. The fraction of sp³-hybridized carbons (Fsp3) is 0. The SMILES string of the molecule is O=S1(=O)c2ccccc2-c2cc(-c3cccc4oc5ccc(-c6nc(-c7ccccc7)nc(-c7ccccc7)n6)cc5c34)ccc21. The highest BCUT2D eigenvalue weighted by Crippen LogP contribution is 2.46. The van der Waals surface area contributed by atoms with Crippen LogP contribution in [0.4, 0.5) is 0 Å². The fourth-order valence-electron chi connectivity index (χ4n) is 6.33. The first-order chi connectivity index (χ1) is 22.5. The van der Waals surface area contributed by atoms with E-state index < -0.39 is 9.84 Å². The molecule has 0 aliphatic carbocycles. The van der Waals surface area contributed by atoms with Crippen LogP contribution in [0.3, 0.4) is 0 Å². The van der Waals surface area contributed by atoms with Gasteiger partial charge in [0, 0.05) is 38.6 Å². The molecule has 0 atom stereocenters. The number of nitrogens with zero attached hydrogens (tertiary/aromatic N) is 3. The first-order valence-corrected chi connectivity index (χ1v) is 16.3. The van der Waals surface area contributed by atoms with Gasteiger partial charge < -0.3 is 4.42 Å². The molecule has 3 heterocycles. The number of hydrogen-bond acceptors (Lipinski definition) is 6. The van der Waals surface area contributed by atoms with Gasteiger partial charge in [-0.25, -0.2) is 23.4 Å². The van der Waals surface area contributed by atoms with E-state index in [-0.39, 0.29) is 0 Å². The molecule has 1 aliphatic heterocycles. The van der Waals surface area contributed by atoms with Crippen LogP contribution in [0.1, 0.15) is 0 Å². The number of furan rings is 1. The van der Waals surface area contributed by atoms with Gasteiger partial charge in [0.15, 0.2) is 17.5 Å². The van der Waals surface area contributed by atoms with Crippen LogP contribution in [0.5, 0.6) is 0 Å². The molecule has 0 saturated heterocycles. The molecular formula is C39H23N3O3S. The smallest absolute Gasteiger partial charge is 0.207 e. The van der Waals surface area contributed by atoms with Crippen molar-refractivity contribution in [2.24, 2.45) is 0 Å². The predicted molar refractivity (Wildman–Crippen MR) is 180 cm³/mol. The minimum absolute atomic E-state index is 0.335. The maximum atomic E-state index is 13.2. The molecule has 1 aliphatic rings. The Balaban J connectivity index is 1.24. The zero-order chi connectivity index (χ0) is 30.8. The van der Waals surface area contributed by atoms with Gasteiger partial charge in [0.2, 0.25) is 9.84 Å². The Morgan fingerprint density at radius 2 is 1.02 bits per heavy atom. The lowest BCUT2D eigenvalue weighted by Crippen LogP contribution is -2.00. The Kier molecular flexibility index (Phi) is 5.79. The van der Waals surface area contributed by atoms with Gasteiger partial charge in [0.05, 0.1) is 9.79 Å². The van der Waals surface area contributed by atoms with Crippen LogP contribution in [0, 0.1) is 0 Å². The van der Waals surface area contributed by atoms with Gasteiger partial charge in [-0.2, -0.15) is 0 Å². The highest BCUT2D eigenvalue weighted by Gasteiger charge is 2.32. The molecule has 9 rings (SSSR count). The van der Waals surface area contributed by atoms with Crippen molar-refractivity contribution >= 4 is 31.8 Å². The minimum Gasteiger partial charge on any atom is -0.456 e. The summed E-state index contributed by atoms with van der Waals surface area (Å²) in [5.41, 5.74) is 7.40. The number of fused-ring (bicyclic) bond motifs is 6. The van der Waals surface area contributed by atoms with E-state index in [1.54, 1.807) is 18.2 Å². The van der Waals surface area contributed by atoms with Crippen molar-refractivity contribution in [3.63, 3.8) is 0 Å². The first kappa shape index (κ1) is 26.5. The Labute approximate surface area is 264 Å². The number of rotatable bonds is 4. The second-order valence-corrected chi connectivity index (χ2v) is 13.1. The molecule has 0 fully saturated rings. The monoisotopic (exact) mass is 613 g/mol. The number of benzene rings is 6. The Hall–Kier alpha value is -5.92. The lowest BCUT2D eigenvalue weighted by molar-refractivity contribution is 0.598. The van der Waals surface area contributed by atoms with Crippen LogP contribution >= 0.6 is 0 Å². The second kappa shape index (κ2) is 10.1. The number of sulfone groups is 1. The molecule has 0 saturated carbocycles. The largest absolute Gasteiger partial charge is 0.456 e. The number of hydrogen-bond donors (Lipinski definition) is 0. The van der Waals surface area contributed by atoms with Gasteiger partial charge in [0.1, 0.15) is 11.2 Å². The average molecular weight is 614 g/mol. The third-order valence-electron chi connectivity index (χ3n) is 8.50. The van der Waals surface area contributed by atoms with Gasteiger partial charge in [0.25, 0.3) is 0 Å². The molecule has 6 aromatic carbocycles. The summed E-state index contributed by atoms with van der Waals surface area (Å²) in [5.74, 6) is 1.74. The van der Waals surface area contributed by atoms with E-state index in [1.807, 2.05) is 115 Å². The van der Waals surface area contributed by atoms with Gasteiger partial charge in [-0.05, 0) is 53.6 Å². The summed E-state index contributed by atoms with van der Waals surface area (Å²) in [6.07, 6.45) is 0. The van der Waals surface area contributed by atoms with Gasteiger partial charge in [-0.3, -0.25) is 0 Å². The second-order valence-electron chi connectivity index (χ2n) is 11.2. The molecule has 0 spiro atoms. The summed E-state index contributed by atoms with van der Waals surface area (Å²) < 4.78 is 32.8. The topological polar surface area (TPSA) is 86.0 Å². The fourth-order valence-corrected chi connectivity index (χ4v) is 8.00. The van der Waals surface area contributed by atoms with Crippen molar-refractivity contribution in [3.05, 3.63) is 140 Å². The summed E-state index contributed by atoms with van der Waals surface area (Å²) in [5, 5.41) is 1.86. The third-order valence-corrected chi connectivity index (χ3v) is 10.4. The highest BCUT2D eigenvalue weighted by atomic mass is 32.2. The van der Waals surface area contributed by atoms with Crippen LogP contribution in [0.2, 0.25) is 0 Å². The summed E-state index contributed by atoms with van der Waals surface area (Å²) in [6.45, 7) is 0. The van der Waals surface area contributed by atoms with Crippen molar-refractivity contribution < 1.29 is 12.8 Å². The first-order valence-electron chi connectivity index (χ1n) is 14.9. The van der Waals surface area contributed by atoms with E-state index in [0.29, 0.717) is 32.8 Å². The van der Waals surface area contributed by atoms with Crippen molar-refractivity contribution in [1.29, 1.82) is 0 Å². The Morgan fingerprint density at radius 1 is 0.435 bits per heavy atom. The van der Waals surface area contributed by atoms with E-state index in [9.17, 15) is 8.42 Å². The Bertz CT molecular complexity index is 2540. The van der Waals surface area contributed by atoms with Crippen LogP contribution in [-0.2, 0) is 9.84 Å². The van der Waals surface area contributed by atoms with E-state index >= 15 is 0 Å². The summed E-state index contributed by atoms with van der Waals surface area (Å²) in [6, 6.07) is 44.5. The molecule has 8 aromatic rings. The standard InChI is InChI=1S/C39H23N3O3S/c43-46(44)34-17-8-7-14-29(34)30-22-26(19-21-35(30)46)28-15-9-16-33-36(28)31-23-27(18-20-32(31)45-33)39-41-37(24-10-3-1-4-11-24)40-38(42-39)25-12-5-2-6-13-25/h1-23H. The highest BCUT2D eigenvalue weighted by molar-refractivity contribution is 7.92. The van der Waals surface area contributed by atoms with Crippen molar-refractivity contribution in [1.82, 2.24) is 15.0 Å². The third kappa shape index (κ3) is 4.09. The molecule has 7 heteroatoms. The molecule has 46 heavy (non-hydrogen) atoms. The molecule has 0 N–H and O–H groups in total. The van der Waals surface area contributed by atoms with Crippen molar-refractivity contribution in [2.45, 2.75) is 9.79 Å². The maximum absolute atomic E-state index is 13.2. The lowest BCUT2D eigenvalue weighted by atomic mass is 9.95. The zero-order valence-corrected chi connectivity index (χ0v) is 25.1. The summed E-state index contributed by atoms with van der Waals surface area (Å²) in [4.78, 5) is 15.3. The zero-order valence-electron chi connectivity index (χ0n) is 24.3. The van der Waals surface area contributed by atoms with E-state index in [0.717, 1.165) is 55.3 Å². The minimum atomic E-state index is -3.55. The lowest BCUT2D eigenvalue weighted by Gasteiger charge is -2.09. The molecule has 0 unspecified atom stereocenters. The van der Waals surface area contributed by atoms with E-state index in [1.165, 1.54) is 0 Å². The van der Waals surface area contributed by atoms with E-state index in [2.05, 4.69) is 6.07 Å². The molecule has 6 nitrogen and oxygen atoms in total. The normalized spacial score (nSPS) is 13.1. The van der Waals surface area contributed by atoms with Crippen molar-refractivity contribution in [3.8, 4) is 56.4 Å². The van der Waals surface area contributed by atoms with E-state index in [4.69, 9.17) is 19.4 Å². The van der Waals surface area contributed by atoms with Crippen LogP contribution in [0.25, 0.3) is 78.4 Å². The summed E-state index contributed by atoms with van der Waals surface area (Å²) in [7, 11) is -3.55. The molecule has 2 aromatic heterocycles. The molecule has 0 amide bonds. The molecule has 0 radical (unpaired) electrons. The Morgan fingerprint density at radius 3 is 1.74 bits per heavy atom. The molecule has 218 valence electrons. The quantitative estimate of drug-likeness (QED) is 0.197. The molecular weight excluding hydrogens is 591 g/mol.